The monoisotopic (exact) mass is 498 g/mol. The summed E-state index contributed by atoms with van der Waals surface area (Å²) >= 11 is 0. The first-order chi connectivity index (χ1) is 18.0. The third kappa shape index (κ3) is 5.59. The van der Waals surface area contributed by atoms with Crippen LogP contribution in [0.15, 0.2) is 79.1 Å². The summed E-state index contributed by atoms with van der Waals surface area (Å²) in [6, 6.07) is 20.6. The first kappa shape index (κ1) is 24.4. The van der Waals surface area contributed by atoms with E-state index in [4.69, 9.17) is 4.74 Å². The molecule has 0 radical (unpaired) electrons. The summed E-state index contributed by atoms with van der Waals surface area (Å²) in [7, 11) is 0. The quantitative estimate of drug-likeness (QED) is 0.365. The summed E-state index contributed by atoms with van der Waals surface area (Å²) in [5.41, 5.74) is 3.84. The lowest BCUT2D eigenvalue weighted by Gasteiger charge is -2.15. The average Bonchev–Trinajstić information content (AvgIpc) is 3.28. The van der Waals surface area contributed by atoms with Crippen molar-refractivity contribution in [3.63, 3.8) is 0 Å². The van der Waals surface area contributed by atoms with E-state index in [9.17, 15) is 9.59 Å². The van der Waals surface area contributed by atoms with E-state index in [0.717, 1.165) is 22.1 Å². The highest BCUT2D eigenvalue weighted by atomic mass is 19.1. The van der Waals surface area contributed by atoms with Crippen LogP contribution in [0, 0.1) is 5.82 Å². The molecule has 0 bridgehead atoms. The van der Waals surface area contributed by atoms with Gasteiger partial charge < -0.3 is 15.4 Å². The second kappa shape index (κ2) is 10.8. The minimum Gasteiger partial charge on any atom is -0.442 e. The molecule has 188 valence electrons. The molecule has 2 heterocycles. The number of carbonyl (C=O) groups is 2. The maximum atomic E-state index is 15.0. The summed E-state index contributed by atoms with van der Waals surface area (Å²) in [4.78, 5) is 29.0. The number of pyridine rings is 1. The lowest BCUT2D eigenvalue weighted by molar-refractivity contribution is -0.119. The van der Waals surface area contributed by atoms with E-state index >= 15 is 4.39 Å². The largest absolute Gasteiger partial charge is 0.442 e. The first-order valence-electron chi connectivity index (χ1n) is 12.1. The van der Waals surface area contributed by atoms with Crippen molar-refractivity contribution in [2.45, 2.75) is 26.1 Å². The molecule has 1 aliphatic rings. The van der Waals surface area contributed by atoms with Crippen LogP contribution in [-0.2, 0) is 22.6 Å². The Morgan fingerprint density at radius 2 is 1.89 bits per heavy atom. The van der Waals surface area contributed by atoms with Crippen LogP contribution in [0.3, 0.4) is 0 Å². The fourth-order valence-electron chi connectivity index (χ4n) is 4.47. The van der Waals surface area contributed by atoms with E-state index < -0.39 is 18.0 Å². The molecule has 3 aromatic carbocycles. The lowest BCUT2D eigenvalue weighted by atomic mass is 10.0. The number of carbonyl (C=O) groups excluding carboxylic acids is 2. The van der Waals surface area contributed by atoms with Crippen LogP contribution in [0.25, 0.3) is 21.9 Å². The molecular formula is C29H27FN4O3. The van der Waals surface area contributed by atoms with Gasteiger partial charge in [0.25, 0.3) is 0 Å². The number of cyclic esters (lactones) is 1. The van der Waals surface area contributed by atoms with Gasteiger partial charge in [0.2, 0.25) is 5.91 Å². The van der Waals surface area contributed by atoms with Gasteiger partial charge in [-0.05, 0) is 40.3 Å². The van der Waals surface area contributed by atoms with Crippen molar-refractivity contribution in [2.75, 3.05) is 18.0 Å². The van der Waals surface area contributed by atoms with Gasteiger partial charge in [0, 0.05) is 43.4 Å². The number of anilines is 1. The number of halogens is 1. The Labute approximate surface area is 214 Å². The molecule has 2 amide bonds. The molecular weight excluding hydrogens is 471 g/mol. The van der Waals surface area contributed by atoms with Gasteiger partial charge in [-0.3, -0.25) is 14.7 Å². The zero-order valence-electron chi connectivity index (χ0n) is 20.4. The third-order valence-corrected chi connectivity index (χ3v) is 6.38. The highest BCUT2D eigenvalue weighted by molar-refractivity contribution is 5.90. The zero-order valence-corrected chi connectivity index (χ0v) is 20.4. The molecule has 2 N–H and O–H groups in total. The van der Waals surface area contributed by atoms with Gasteiger partial charge in [-0.25, -0.2) is 9.18 Å². The summed E-state index contributed by atoms with van der Waals surface area (Å²) in [6.07, 6.45) is 2.72. The van der Waals surface area contributed by atoms with Gasteiger partial charge in [0.15, 0.2) is 0 Å². The number of benzene rings is 3. The minimum absolute atomic E-state index is 0.200. The zero-order chi connectivity index (χ0) is 25.8. The van der Waals surface area contributed by atoms with Crippen LogP contribution in [0.1, 0.15) is 18.1 Å². The van der Waals surface area contributed by atoms with E-state index in [1.54, 1.807) is 12.1 Å². The summed E-state index contributed by atoms with van der Waals surface area (Å²) in [5, 5.41) is 8.39. The number of nitrogens with one attached hydrogen (secondary N) is 2. The third-order valence-electron chi connectivity index (χ3n) is 6.38. The molecule has 37 heavy (non-hydrogen) atoms. The highest BCUT2D eigenvalue weighted by Gasteiger charge is 2.32. The van der Waals surface area contributed by atoms with Crippen LogP contribution < -0.4 is 15.5 Å². The van der Waals surface area contributed by atoms with Gasteiger partial charge in [-0.1, -0.05) is 48.5 Å². The van der Waals surface area contributed by atoms with Gasteiger partial charge in [-0.2, -0.15) is 0 Å². The molecule has 0 saturated carbocycles. The molecule has 1 fully saturated rings. The molecule has 1 aromatic heterocycles. The Morgan fingerprint density at radius 3 is 2.68 bits per heavy atom. The van der Waals surface area contributed by atoms with Crippen LogP contribution in [-0.4, -0.2) is 36.2 Å². The van der Waals surface area contributed by atoms with Gasteiger partial charge in [0.1, 0.15) is 11.9 Å². The summed E-state index contributed by atoms with van der Waals surface area (Å²) in [6.45, 7) is 3.22. The molecule has 1 saturated heterocycles. The maximum absolute atomic E-state index is 15.0. The molecule has 0 spiro atoms. The minimum atomic E-state index is -0.557. The number of nitrogens with zero attached hydrogens (tertiary/aromatic N) is 2. The number of ether oxygens (including phenoxy) is 1. The highest BCUT2D eigenvalue weighted by Crippen LogP contribution is 2.29. The second-order valence-electron chi connectivity index (χ2n) is 9.04. The Bertz CT molecular complexity index is 1440. The van der Waals surface area contributed by atoms with E-state index in [1.165, 1.54) is 23.3 Å². The van der Waals surface area contributed by atoms with Crippen molar-refractivity contribution >= 4 is 28.5 Å². The number of aromatic nitrogens is 1. The SMILES string of the molecule is CC(=O)NC[C@H]1CN(c2ccc(-c3ccc(CNCc4cncc5ccccc45)cc3)c(F)c2)C(=O)O1. The smallest absolute Gasteiger partial charge is 0.414 e. The van der Waals surface area contributed by atoms with Crippen LogP contribution in [0.2, 0.25) is 0 Å². The van der Waals surface area contributed by atoms with Crippen molar-refractivity contribution in [2.24, 2.45) is 0 Å². The topological polar surface area (TPSA) is 83.6 Å². The molecule has 1 aliphatic heterocycles. The Hall–Kier alpha value is -4.30. The van der Waals surface area contributed by atoms with Crippen molar-refractivity contribution in [3.05, 3.63) is 96.1 Å². The second-order valence-corrected chi connectivity index (χ2v) is 9.04. The maximum Gasteiger partial charge on any atom is 0.414 e. The van der Waals surface area contributed by atoms with Gasteiger partial charge >= 0.3 is 6.09 Å². The van der Waals surface area contributed by atoms with Crippen molar-refractivity contribution in [3.8, 4) is 11.1 Å². The normalized spacial score (nSPS) is 15.1. The number of rotatable bonds is 8. The van der Waals surface area contributed by atoms with E-state index in [1.807, 2.05) is 48.8 Å². The Morgan fingerprint density at radius 1 is 1.08 bits per heavy atom. The Balaban J connectivity index is 1.21. The predicted molar refractivity (Wildman–Crippen MR) is 140 cm³/mol. The standard InChI is InChI=1S/C29H27FN4O3/c1-19(35)33-17-25-18-34(29(36)37-25)24-10-11-27(28(30)12-24)21-8-6-20(7-9-21)13-31-15-23-16-32-14-22-4-2-3-5-26(22)23/h2-12,14,16,25,31H,13,15,17-18H2,1H3,(H,33,35)/t25-/m0/s1. The fraction of sp³-hybridized carbons (Fsp3) is 0.207. The van der Waals surface area contributed by atoms with E-state index in [0.29, 0.717) is 24.3 Å². The first-order valence-corrected chi connectivity index (χ1v) is 12.1. The summed E-state index contributed by atoms with van der Waals surface area (Å²) in [5.74, 6) is -0.626. The van der Waals surface area contributed by atoms with Crippen molar-refractivity contribution < 1.29 is 18.7 Å². The number of hydrogen-bond donors (Lipinski definition) is 2. The van der Waals surface area contributed by atoms with Crippen LogP contribution in [0.4, 0.5) is 14.9 Å². The number of hydrogen-bond acceptors (Lipinski definition) is 5. The van der Waals surface area contributed by atoms with Gasteiger partial charge in [-0.15, -0.1) is 0 Å². The molecule has 8 heteroatoms. The van der Waals surface area contributed by atoms with Crippen molar-refractivity contribution in [1.29, 1.82) is 0 Å². The lowest BCUT2D eigenvalue weighted by Crippen LogP contribution is -2.33. The molecule has 1 atom stereocenters. The average molecular weight is 499 g/mol. The molecule has 4 aromatic rings. The molecule has 7 nitrogen and oxygen atoms in total. The summed E-state index contributed by atoms with van der Waals surface area (Å²) < 4.78 is 20.3. The van der Waals surface area contributed by atoms with Crippen LogP contribution >= 0.6 is 0 Å². The van der Waals surface area contributed by atoms with Crippen molar-refractivity contribution in [1.82, 2.24) is 15.6 Å². The van der Waals surface area contributed by atoms with Gasteiger partial charge in [0.05, 0.1) is 18.8 Å². The van der Waals surface area contributed by atoms with E-state index in [2.05, 4.69) is 27.8 Å². The van der Waals surface area contributed by atoms with Crippen LogP contribution in [0.5, 0.6) is 0 Å². The number of fused-ring (bicyclic) bond motifs is 1. The fourth-order valence-corrected chi connectivity index (χ4v) is 4.47. The molecule has 0 aliphatic carbocycles. The molecule has 0 unspecified atom stereocenters. The number of amides is 2. The Kier molecular flexibility index (Phi) is 7.09. The predicted octanol–water partition coefficient (Wildman–Crippen LogP) is 4.79. The molecule has 5 rings (SSSR count). The van der Waals surface area contributed by atoms with E-state index in [-0.39, 0.29) is 19.0 Å².